The third-order valence-electron chi connectivity index (χ3n) is 5.98. The van der Waals surface area contributed by atoms with Gasteiger partial charge in [0.2, 0.25) is 5.95 Å². The number of allylic oxidation sites excluding steroid dienone is 4. The van der Waals surface area contributed by atoms with Gasteiger partial charge in [0.25, 0.3) is 5.56 Å². The molecule has 0 amide bonds. The molecule has 0 atom stereocenters. The highest BCUT2D eigenvalue weighted by Gasteiger charge is 2.17. The second-order valence-electron chi connectivity index (χ2n) is 8.53. The maximum absolute atomic E-state index is 13.0. The summed E-state index contributed by atoms with van der Waals surface area (Å²) in [5.74, 6) is 0.856. The third kappa shape index (κ3) is 6.82. The van der Waals surface area contributed by atoms with Gasteiger partial charge in [0.05, 0.1) is 17.3 Å². The van der Waals surface area contributed by atoms with E-state index >= 15 is 0 Å². The van der Waals surface area contributed by atoms with Crippen LogP contribution in [0, 0.1) is 0 Å². The van der Waals surface area contributed by atoms with Gasteiger partial charge in [0.1, 0.15) is 5.69 Å². The molecule has 1 saturated heterocycles. The van der Waals surface area contributed by atoms with Gasteiger partial charge in [0, 0.05) is 56.0 Å². The van der Waals surface area contributed by atoms with E-state index in [4.69, 9.17) is 5.11 Å². The molecule has 0 saturated carbocycles. The lowest BCUT2D eigenvalue weighted by molar-refractivity contribution is 0.189. The Morgan fingerprint density at radius 1 is 1.14 bits per heavy atom. The number of halogens is 1. The fraction of sp³-hybridized carbons (Fsp3) is 0.308. The Morgan fingerprint density at radius 3 is 2.59 bits per heavy atom. The zero-order chi connectivity index (χ0) is 26.2. The number of hydrogen-bond donors (Lipinski definition) is 3. The highest BCUT2D eigenvalue weighted by molar-refractivity contribution is 9.10. The van der Waals surface area contributed by atoms with Gasteiger partial charge in [-0.3, -0.25) is 9.69 Å². The minimum absolute atomic E-state index is 0.199. The number of aliphatic hydroxyl groups excluding tert-OH is 1. The number of anilines is 5. The van der Waals surface area contributed by atoms with Crippen molar-refractivity contribution in [3.63, 3.8) is 0 Å². The summed E-state index contributed by atoms with van der Waals surface area (Å²) in [5.41, 5.74) is 2.77. The Morgan fingerprint density at radius 2 is 1.89 bits per heavy atom. The minimum Gasteiger partial charge on any atom is -0.395 e. The van der Waals surface area contributed by atoms with Crippen LogP contribution in [0.25, 0.3) is 5.70 Å². The molecule has 1 aliphatic heterocycles. The number of rotatable bonds is 9. The molecule has 0 aliphatic carbocycles. The summed E-state index contributed by atoms with van der Waals surface area (Å²) in [6.45, 7) is 8.40. The van der Waals surface area contributed by atoms with Crippen LogP contribution < -0.4 is 21.1 Å². The predicted octanol–water partition coefficient (Wildman–Crippen LogP) is 3.83. The summed E-state index contributed by atoms with van der Waals surface area (Å²) in [4.78, 5) is 26.5. The highest BCUT2D eigenvalue weighted by Crippen LogP contribution is 2.25. The van der Waals surface area contributed by atoms with E-state index in [0.717, 1.165) is 44.1 Å². The summed E-state index contributed by atoms with van der Waals surface area (Å²) in [6.07, 6.45) is 8.77. The van der Waals surface area contributed by atoms with Crippen molar-refractivity contribution >= 4 is 50.5 Å². The largest absolute Gasteiger partial charge is 0.395 e. The molecule has 194 valence electrons. The molecule has 0 radical (unpaired) electrons. The van der Waals surface area contributed by atoms with Crippen molar-refractivity contribution in [3.8, 4) is 0 Å². The van der Waals surface area contributed by atoms with E-state index in [2.05, 4.69) is 63.6 Å². The Labute approximate surface area is 224 Å². The molecule has 2 aromatic heterocycles. The predicted molar refractivity (Wildman–Crippen MR) is 152 cm³/mol. The van der Waals surface area contributed by atoms with Crippen molar-refractivity contribution in [1.82, 2.24) is 24.6 Å². The summed E-state index contributed by atoms with van der Waals surface area (Å²) in [6, 6.07) is 9.76. The molecule has 3 aromatic rings. The van der Waals surface area contributed by atoms with Crippen molar-refractivity contribution in [3.05, 3.63) is 75.8 Å². The van der Waals surface area contributed by atoms with E-state index in [9.17, 15) is 4.79 Å². The Kier molecular flexibility index (Phi) is 9.04. The van der Waals surface area contributed by atoms with Crippen LogP contribution in [0.4, 0.5) is 28.8 Å². The van der Waals surface area contributed by atoms with Gasteiger partial charge < -0.3 is 20.6 Å². The van der Waals surface area contributed by atoms with Crippen molar-refractivity contribution in [2.24, 2.45) is 0 Å². The topological polar surface area (TPSA) is 111 Å². The molecule has 37 heavy (non-hydrogen) atoms. The van der Waals surface area contributed by atoms with Gasteiger partial charge in [-0.05, 0) is 66.2 Å². The van der Waals surface area contributed by atoms with Crippen LogP contribution in [0.3, 0.4) is 0 Å². The number of β-amino-alcohol motifs (C(OH)–C–C–N with tert-alkyl or cyclic N) is 1. The van der Waals surface area contributed by atoms with Crippen LogP contribution in [0.1, 0.15) is 13.8 Å². The molecule has 11 heteroatoms. The van der Waals surface area contributed by atoms with Gasteiger partial charge in [-0.2, -0.15) is 14.8 Å². The molecule has 3 heterocycles. The van der Waals surface area contributed by atoms with Gasteiger partial charge >= 0.3 is 0 Å². The second-order valence-corrected chi connectivity index (χ2v) is 9.39. The maximum Gasteiger partial charge on any atom is 0.294 e. The lowest BCUT2D eigenvalue weighted by Crippen LogP contribution is -2.47. The first-order chi connectivity index (χ1) is 18.0. The number of hydrogen-bond acceptors (Lipinski definition) is 9. The molecule has 0 spiro atoms. The summed E-state index contributed by atoms with van der Waals surface area (Å²) in [7, 11) is 0. The first kappa shape index (κ1) is 26.5. The number of benzene rings is 1. The quantitative estimate of drug-likeness (QED) is 0.332. The van der Waals surface area contributed by atoms with Crippen molar-refractivity contribution < 1.29 is 5.11 Å². The molecular formula is C26H31BrN8O2. The van der Waals surface area contributed by atoms with Crippen LogP contribution in [0.15, 0.2) is 70.2 Å². The van der Waals surface area contributed by atoms with Gasteiger partial charge in [0.15, 0.2) is 5.82 Å². The fourth-order valence-corrected chi connectivity index (χ4v) is 4.25. The summed E-state index contributed by atoms with van der Waals surface area (Å²) >= 11 is 3.46. The molecule has 4 rings (SSSR count). The number of aromatic nitrogens is 4. The SMILES string of the molecule is CC=CC=C(C)n1nccc(Nc2nc(Nc3ccc(N4CCN(CCO)CC4)cc3)ncc2Br)c1=O. The molecule has 10 nitrogen and oxygen atoms in total. The first-order valence-corrected chi connectivity index (χ1v) is 12.9. The average molecular weight is 567 g/mol. The molecule has 1 aliphatic rings. The third-order valence-corrected chi connectivity index (χ3v) is 6.56. The number of aliphatic hydroxyl groups is 1. The van der Waals surface area contributed by atoms with Gasteiger partial charge in [-0.1, -0.05) is 12.2 Å². The van der Waals surface area contributed by atoms with Crippen LogP contribution in [0.2, 0.25) is 0 Å². The zero-order valence-electron chi connectivity index (χ0n) is 20.9. The van der Waals surface area contributed by atoms with Gasteiger partial charge in [-0.25, -0.2) is 4.98 Å². The molecule has 0 bridgehead atoms. The van der Waals surface area contributed by atoms with Crippen molar-refractivity contribution in [1.29, 1.82) is 0 Å². The fourth-order valence-electron chi connectivity index (χ4n) is 3.96. The molecular weight excluding hydrogens is 536 g/mol. The van der Waals surface area contributed by atoms with Gasteiger partial charge in [-0.15, -0.1) is 0 Å². The molecule has 1 aromatic carbocycles. The summed E-state index contributed by atoms with van der Waals surface area (Å²) < 4.78 is 1.96. The number of nitrogens with zero attached hydrogens (tertiary/aromatic N) is 6. The van der Waals surface area contributed by atoms with Crippen LogP contribution >= 0.6 is 15.9 Å². The minimum atomic E-state index is -0.284. The average Bonchev–Trinajstić information content (AvgIpc) is 2.91. The molecule has 0 unspecified atom stereocenters. The van der Waals surface area contributed by atoms with Crippen LogP contribution in [-0.4, -0.2) is 69.1 Å². The van der Waals surface area contributed by atoms with Crippen LogP contribution in [-0.2, 0) is 0 Å². The Hall–Kier alpha value is -3.54. The monoisotopic (exact) mass is 566 g/mol. The molecule has 1 fully saturated rings. The number of piperazine rings is 1. The van der Waals surface area contributed by atoms with E-state index < -0.39 is 0 Å². The van der Waals surface area contributed by atoms with E-state index in [0.29, 0.717) is 27.6 Å². The molecule has 3 N–H and O–H groups in total. The summed E-state index contributed by atoms with van der Waals surface area (Å²) in [5, 5.41) is 19.6. The van der Waals surface area contributed by atoms with Crippen LogP contribution in [0.5, 0.6) is 0 Å². The normalized spacial score (nSPS) is 14.8. The Balaban J connectivity index is 1.45. The van der Waals surface area contributed by atoms with E-state index in [1.165, 1.54) is 4.68 Å². The highest BCUT2D eigenvalue weighted by atomic mass is 79.9. The first-order valence-electron chi connectivity index (χ1n) is 12.1. The lowest BCUT2D eigenvalue weighted by Gasteiger charge is -2.35. The van der Waals surface area contributed by atoms with Crippen molar-refractivity contribution in [2.75, 3.05) is 54.9 Å². The number of nitrogens with one attached hydrogen (secondary N) is 2. The van der Waals surface area contributed by atoms with Crippen molar-refractivity contribution in [2.45, 2.75) is 13.8 Å². The second kappa shape index (κ2) is 12.6. The lowest BCUT2D eigenvalue weighted by atomic mass is 10.2. The van der Waals surface area contributed by atoms with E-state index in [1.807, 2.05) is 44.2 Å². The maximum atomic E-state index is 13.0. The standard InChI is InChI=1S/C26H31BrN8O2/c1-3-4-5-19(2)35-25(37)23(10-11-29-35)31-24-22(27)18-28-26(32-24)30-20-6-8-21(9-7-20)34-14-12-33(13-15-34)16-17-36/h3-11,18,36H,12-17H2,1-2H3,(H2,28,30,31,32). The van der Waals surface area contributed by atoms with E-state index in [-0.39, 0.29) is 12.2 Å². The zero-order valence-corrected chi connectivity index (χ0v) is 22.5. The Bertz CT molecular complexity index is 1310. The smallest absolute Gasteiger partial charge is 0.294 e. The van der Waals surface area contributed by atoms with E-state index in [1.54, 1.807) is 18.5 Å².